The molecule has 0 bridgehead atoms. The van der Waals surface area contributed by atoms with Gasteiger partial charge in [-0.15, -0.1) is 0 Å². The fourth-order valence-electron chi connectivity index (χ4n) is 3.13. The van der Waals surface area contributed by atoms with Crippen LogP contribution in [0.4, 0.5) is 0 Å². The minimum absolute atomic E-state index is 0.0534. The van der Waals surface area contributed by atoms with Crippen molar-refractivity contribution in [3.63, 3.8) is 0 Å². The van der Waals surface area contributed by atoms with E-state index in [0.29, 0.717) is 6.61 Å². The molecule has 0 saturated carbocycles. The summed E-state index contributed by atoms with van der Waals surface area (Å²) >= 11 is 0. The van der Waals surface area contributed by atoms with Crippen LogP contribution in [0.15, 0.2) is 60.7 Å². The van der Waals surface area contributed by atoms with Crippen LogP contribution in [0.1, 0.15) is 23.3 Å². The molecule has 3 rings (SSSR count). The molecule has 3 atom stereocenters. The van der Waals surface area contributed by atoms with E-state index in [1.165, 1.54) is 11.1 Å². The second-order valence-electron chi connectivity index (χ2n) is 7.23. The molecule has 0 aromatic heterocycles. The largest absolute Gasteiger partial charge is 0.367 e. The van der Waals surface area contributed by atoms with Crippen molar-refractivity contribution in [1.29, 1.82) is 0 Å². The van der Waals surface area contributed by atoms with Gasteiger partial charge in [-0.05, 0) is 11.1 Å². The molecule has 2 aromatic carbocycles. The summed E-state index contributed by atoms with van der Waals surface area (Å²) in [6, 6.07) is 20.8. The molecule has 1 heterocycles. The number of rotatable bonds is 4. The molecule has 0 radical (unpaired) electrons. The van der Waals surface area contributed by atoms with Crippen molar-refractivity contribution in [3.05, 3.63) is 71.8 Å². The maximum Gasteiger partial charge on any atom is 0.131 e. The number of hydrogen-bond acceptors (Lipinski definition) is 2. The molecule has 1 aliphatic heterocycles. The molecule has 0 unspecified atom stereocenters. The lowest BCUT2D eigenvalue weighted by atomic mass is 9.96. The number of quaternary nitrogens is 1. The summed E-state index contributed by atoms with van der Waals surface area (Å²) in [6.45, 7) is 1.57. The van der Waals surface area contributed by atoms with Crippen molar-refractivity contribution >= 4 is 0 Å². The number of hydrogen-bond donors (Lipinski definition) is 0. The molecule has 0 spiro atoms. The van der Waals surface area contributed by atoms with E-state index in [-0.39, 0.29) is 18.3 Å². The minimum Gasteiger partial charge on any atom is -0.367 e. The zero-order valence-corrected chi connectivity index (χ0v) is 14.2. The Morgan fingerprint density at radius 1 is 0.826 bits per heavy atom. The van der Waals surface area contributed by atoms with E-state index in [4.69, 9.17) is 9.47 Å². The van der Waals surface area contributed by atoms with E-state index in [1.54, 1.807) is 0 Å². The molecule has 2 aromatic rings. The summed E-state index contributed by atoms with van der Waals surface area (Å²) in [6.07, 6.45) is -0.00798. The van der Waals surface area contributed by atoms with Crippen molar-refractivity contribution in [3.8, 4) is 0 Å². The van der Waals surface area contributed by atoms with Gasteiger partial charge in [0.15, 0.2) is 0 Å². The average Bonchev–Trinajstić information content (AvgIpc) is 2.55. The van der Waals surface area contributed by atoms with Gasteiger partial charge >= 0.3 is 0 Å². The summed E-state index contributed by atoms with van der Waals surface area (Å²) < 4.78 is 13.6. The van der Waals surface area contributed by atoms with Crippen LogP contribution in [0.5, 0.6) is 0 Å². The van der Waals surface area contributed by atoms with Gasteiger partial charge in [-0.1, -0.05) is 60.7 Å². The molecule has 3 nitrogen and oxygen atoms in total. The fourth-order valence-corrected chi connectivity index (χ4v) is 3.13. The van der Waals surface area contributed by atoms with Crippen molar-refractivity contribution in [2.75, 3.05) is 34.3 Å². The highest BCUT2D eigenvalue weighted by Crippen LogP contribution is 2.39. The standard InChI is InChI=1S/C20H26NO2/c1-21(2,3)14-18-15-22-19(16-10-6-4-7-11-16)20(23-18)17-12-8-5-9-13-17/h4-13,18-20H,14-15H2,1-3H3/q+1/t18-,19+,20-/m1/s1. The highest BCUT2D eigenvalue weighted by atomic mass is 16.6. The third-order valence-electron chi connectivity index (χ3n) is 4.08. The normalized spacial score (nSPS) is 25.3. The van der Waals surface area contributed by atoms with Gasteiger partial charge in [0.25, 0.3) is 0 Å². The van der Waals surface area contributed by atoms with Gasteiger partial charge < -0.3 is 14.0 Å². The summed E-state index contributed by atoms with van der Waals surface area (Å²) in [5, 5.41) is 0. The first-order valence-electron chi connectivity index (χ1n) is 8.20. The fraction of sp³-hybridized carbons (Fsp3) is 0.400. The zero-order chi connectivity index (χ0) is 16.3. The number of nitrogens with zero attached hydrogens (tertiary/aromatic N) is 1. The summed E-state index contributed by atoms with van der Waals surface area (Å²) in [7, 11) is 6.55. The van der Waals surface area contributed by atoms with E-state index in [9.17, 15) is 0 Å². The lowest BCUT2D eigenvalue weighted by Crippen LogP contribution is -2.47. The molecule has 0 aliphatic carbocycles. The minimum atomic E-state index is -0.0658. The predicted octanol–water partition coefficient (Wildman–Crippen LogP) is 3.59. The zero-order valence-electron chi connectivity index (χ0n) is 14.2. The predicted molar refractivity (Wildman–Crippen MR) is 92.1 cm³/mol. The van der Waals surface area contributed by atoms with Crippen LogP contribution in [0, 0.1) is 0 Å². The molecule has 0 amide bonds. The van der Waals surface area contributed by atoms with Crippen LogP contribution < -0.4 is 0 Å². The third-order valence-corrected chi connectivity index (χ3v) is 4.08. The van der Waals surface area contributed by atoms with E-state index >= 15 is 0 Å². The van der Waals surface area contributed by atoms with Crippen molar-refractivity contribution in [1.82, 2.24) is 0 Å². The lowest BCUT2D eigenvalue weighted by Gasteiger charge is -2.39. The Hall–Kier alpha value is -1.68. The summed E-state index contributed by atoms with van der Waals surface area (Å²) in [5.74, 6) is 0. The molecule has 1 fully saturated rings. The Labute approximate surface area is 139 Å². The van der Waals surface area contributed by atoms with Crippen LogP contribution in [0.2, 0.25) is 0 Å². The maximum absolute atomic E-state index is 6.47. The van der Waals surface area contributed by atoms with E-state index in [1.807, 2.05) is 12.1 Å². The Morgan fingerprint density at radius 2 is 1.35 bits per heavy atom. The maximum atomic E-state index is 6.47. The van der Waals surface area contributed by atoms with Gasteiger partial charge in [0.1, 0.15) is 24.9 Å². The molecule has 3 heteroatoms. The highest BCUT2D eigenvalue weighted by Gasteiger charge is 2.36. The molecular weight excluding hydrogens is 286 g/mol. The Kier molecular flexibility index (Phi) is 4.81. The number of likely N-dealkylation sites (N-methyl/N-ethyl adjacent to an activating group) is 1. The van der Waals surface area contributed by atoms with Gasteiger partial charge in [-0.2, -0.15) is 0 Å². The second-order valence-corrected chi connectivity index (χ2v) is 7.23. The lowest BCUT2D eigenvalue weighted by molar-refractivity contribution is -0.874. The van der Waals surface area contributed by atoms with Gasteiger partial charge in [0, 0.05) is 0 Å². The summed E-state index contributed by atoms with van der Waals surface area (Å²) in [4.78, 5) is 0. The highest BCUT2D eigenvalue weighted by molar-refractivity contribution is 5.25. The molecule has 0 N–H and O–H groups in total. The Morgan fingerprint density at radius 3 is 1.87 bits per heavy atom. The molecule has 122 valence electrons. The smallest absolute Gasteiger partial charge is 0.131 e. The van der Waals surface area contributed by atoms with Gasteiger partial charge in [0.2, 0.25) is 0 Å². The van der Waals surface area contributed by atoms with Crippen molar-refractivity contribution in [2.24, 2.45) is 0 Å². The SMILES string of the molecule is C[N+](C)(C)C[C@@H]1CO[C@@H](c2ccccc2)[C@@H](c2ccccc2)O1. The molecular formula is C20H26NO2+. The average molecular weight is 312 g/mol. The molecule has 23 heavy (non-hydrogen) atoms. The first kappa shape index (κ1) is 16.2. The Bertz CT molecular complexity index is 607. The topological polar surface area (TPSA) is 18.5 Å². The Balaban J connectivity index is 1.86. The molecule has 1 saturated heterocycles. The van der Waals surface area contributed by atoms with E-state index in [0.717, 1.165) is 11.0 Å². The first-order chi connectivity index (χ1) is 11.0. The second kappa shape index (κ2) is 6.83. The number of benzene rings is 2. The van der Waals surface area contributed by atoms with Crippen molar-refractivity contribution in [2.45, 2.75) is 18.3 Å². The first-order valence-corrected chi connectivity index (χ1v) is 8.20. The van der Waals surface area contributed by atoms with Crippen LogP contribution in [0.25, 0.3) is 0 Å². The van der Waals surface area contributed by atoms with Gasteiger partial charge in [-0.3, -0.25) is 0 Å². The van der Waals surface area contributed by atoms with Crippen LogP contribution in [0.3, 0.4) is 0 Å². The van der Waals surface area contributed by atoms with Crippen molar-refractivity contribution < 1.29 is 14.0 Å². The third kappa shape index (κ3) is 4.20. The van der Waals surface area contributed by atoms with E-state index < -0.39 is 0 Å². The quantitative estimate of drug-likeness (QED) is 0.803. The monoisotopic (exact) mass is 312 g/mol. The van der Waals surface area contributed by atoms with Gasteiger partial charge in [0.05, 0.1) is 27.7 Å². The number of ether oxygens (including phenoxy) is 2. The summed E-state index contributed by atoms with van der Waals surface area (Å²) in [5.41, 5.74) is 2.34. The molecule has 1 aliphatic rings. The van der Waals surface area contributed by atoms with Gasteiger partial charge in [-0.25, -0.2) is 0 Å². The van der Waals surface area contributed by atoms with Crippen LogP contribution >= 0.6 is 0 Å². The van der Waals surface area contributed by atoms with E-state index in [2.05, 4.69) is 69.7 Å². The van der Waals surface area contributed by atoms with Crippen LogP contribution in [-0.4, -0.2) is 44.9 Å². The van der Waals surface area contributed by atoms with Crippen LogP contribution in [-0.2, 0) is 9.47 Å².